The van der Waals surface area contributed by atoms with E-state index < -0.39 is 10.0 Å². The summed E-state index contributed by atoms with van der Waals surface area (Å²) in [6, 6.07) is 5.85. The second kappa shape index (κ2) is 8.75. The smallest absolute Gasteiger partial charge is 0.251 e. The Morgan fingerprint density at radius 3 is 2.60 bits per heavy atom. The molecular formula is C17H27N3O4S. The third-order valence-corrected chi connectivity index (χ3v) is 5.46. The summed E-state index contributed by atoms with van der Waals surface area (Å²) in [7, 11) is -2.14. The van der Waals surface area contributed by atoms with Crippen molar-refractivity contribution < 1.29 is 17.9 Å². The number of sulfonamides is 1. The molecule has 1 fully saturated rings. The fourth-order valence-electron chi connectivity index (χ4n) is 2.80. The van der Waals surface area contributed by atoms with Crippen LogP contribution in [0.15, 0.2) is 29.2 Å². The quantitative estimate of drug-likeness (QED) is 0.738. The van der Waals surface area contributed by atoms with Crippen LogP contribution in [0, 0.1) is 5.92 Å². The first-order valence-electron chi connectivity index (χ1n) is 8.47. The molecule has 0 bridgehead atoms. The van der Waals surface area contributed by atoms with Crippen molar-refractivity contribution in [2.75, 3.05) is 39.8 Å². The van der Waals surface area contributed by atoms with Crippen LogP contribution in [0.2, 0.25) is 0 Å². The van der Waals surface area contributed by atoms with Gasteiger partial charge in [-0.25, -0.2) is 13.1 Å². The van der Waals surface area contributed by atoms with Gasteiger partial charge in [-0.1, -0.05) is 13.8 Å². The van der Waals surface area contributed by atoms with E-state index in [1.54, 1.807) is 0 Å². The van der Waals surface area contributed by atoms with Crippen molar-refractivity contribution >= 4 is 15.9 Å². The molecule has 7 nitrogen and oxygen atoms in total. The molecule has 0 saturated carbocycles. The van der Waals surface area contributed by atoms with E-state index in [1.165, 1.54) is 31.3 Å². The second-order valence-corrected chi connectivity index (χ2v) is 8.47. The zero-order valence-electron chi connectivity index (χ0n) is 15.0. The highest BCUT2D eigenvalue weighted by atomic mass is 32.2. The normalized spacial score (nSPS) is 19.1. The number of morpholine rings is 1. The lowest BCUT2D eigenvalue weighted by Gasteiger charge is -2.33. The number of rotatable bonds is 7. The zero-order chi connectivity index (χ0) is 18.4. The molecule has 1 unspecified atom stereocenters. The van der Waals surface area contributed by atoms with Crippen molar-refractivity contribution in [2.45, 2.75) is 24.8 Å². The predicted molar refractivity (Wildman–Crippen MR) is 96.0 cm³/mol. The lowest BCUT2D eigenvalue weighted by molar-refractivity contribution is -0.0295. The molecule has 0 aromatic heterocycles. The highest BCUT2D eigenvalue weighted by molar-refractivity contribution is 7.89. The molecule has 2 N–H and O–H groups in total. The third kappa shape index (κ3) is 5.78. The van der Waals surface area contributed by atoms with Crippen LogP contribution in [0.1, 0.15) is 24.2 Å². The zero-order valence-corrected chi connectivity index (χ0v) is 15.8. The van der Waals surface area contributed by atoms with Crippen molar-refractivity contribution in [3.63, 3.8) is 0 Å². The molecular weight excluding hydrogens is 342 g/mol. The maximum atomic E-state index is 12.2. The second-order valence-electron chi connectivity index (χ2n) is 6.59. The summed E-state index contributed by atoms with van der Waals surface area (Å²) < 4.78 is 31.3. The largest absolute Gasteiger partial charge is 0.374 e. The van der Waals surface area contributed by atoms with Crippen molar-refractivity contribution in [2.24, 2.45) is 5.92 Å². The fraction of sp³-hybridized carbons (Fsp3) is 0.588. The molecule has 1 heterocycles. The van der Waals surface area contributed by atoms with Gasteiger partial charge in [0.25, 0.3) is 5.91 Å². The molecule has 1 aliphatic rings. The van der Waals surface area contributed by atoms with E-state index in [0.29, 0.717) is 24.6 Å². The molecule has 2 rings (SSSR count). The first-order chi connectivity index (χ1) is 11.8. The lowest BCUT2D eigenvalue weighted by Crippen LogP contribution is -2.48. The van der Waals surface area contributed by atoms with Crippen molar-refractivity contribution in [3.05, 3.63) is 29.8 Å². The van der Waals surface area contributed by atoms with Gasteiger partial charge in [0, 0.05) is 31.7 Å². The number of carbonyl (C=O) groups excluding carboxylic acids is 1. The van der Waals surface area contributed by atoms with E-state index in [1.807, 2.05) is 0 Å². The van der Waals surface area contributed by atoms with Gasteiger partial charge in [-0.3, -0.25) is 9.69 Å². The van der Waals surface area contributed by atoms with Crippen LogP contribution in [0.5, 0.6) is 0 Å². The summed E-state index contributed by atoms with van der Waals surface area (Å²) in [4.78, 5) is 14.7. The average molecular weight is 369 g/mol. The maximum absolute atomic E-state index is 12.2. The number of hydrogen-bond acceptors (Lipinski definition) is 5. The van der Waals surface area contributed by atoms with Gasteiger partial charge in [0.1, 0.15) is 0 Å². The molecule has 1 amide bonds. The van der Waals surface area contributed by atoms with Crippen LogP contribution in [-0.4, -0.2) is 65.2 Å². The van der Waals surface area contributed by atoms with Gasteiger partial charge in [0.05, 0.1) is 17.6 Å². The summed E-state index contributed by atoms with van der Waals surface area (Å²) in [5.74, 6) is 0.360. The molecule has 8 heteroatoms. The van der Waals surface area contributed by atoms with Crippen molar-refractivity contribution in [1.82, 2.24) is 14.9 Å². The van der Waals surface area contributed by atoms with Crippen LogP contribution in [0.4, 0.5) is 0 Å². The van der Waals surface area contributed by atoms with Crippen LogP contribution in [-0.2, 0) is 14.8 Å². The van der Waals surface area contributed by atoms with Crippen molar-refractivity contribution in [1.29, 1.82) is 0 Å². The van der Waals surface area contributed by atoms with Gasteiger partial charge in [-0.15, -0.1) is 0 Å². The Bertz CT molecular complexity index is 674. The van der Waals surface area contributed by atoms with Crippen LogP contribution >= 0.6 is 0 Å². The van der Waals surface area contributed by atoms with E-state index in [-0.39, 0.29) is 16.9 Å². The SMILES string of the molecule is CNS(=O)(=O)c1ccc(C(=O)NCC2CN(CC(C)C)CCO2)cc1. The predicted octanol–water partition coefficient (Wildman–Crippen LogP) is 0.681. The summed E-state index contributed by atoms with van der Waals surface area (Å²) >= 11 is 0. The van der Waals surface area contributed by atoms with E-state index in [4.69, 9.17) is 4.74 Å². The number of carbonyl (C=O) groups is 1. The molecule has 1 aromatic carbocycles. The summed E-state index contributed by atoms with van der Waals surface area (Å²) in [5, 5.41) is 2.86. The minimum absolute atomic E-state index is 0.0274. The highest BCUT2D eigenvalue weighted by Crippen LogP contribution is 2.11. The first-order valence-corrected chi connectivity index (χ1v) is 9.96. The summed E-state index contributed by atoms with van der Waals surface area (Å²) in [5.41, 5.74) is 0.421. The Morgan fingerprint density at radius 2 is 2.00 bits per heavy atom. The lowest BCUT2D eigenvalue weighted by atomic mass is 10.1. The highest BCUT2D eigenvalue weighted by Gasteiger charge is 2.21. The average Bonchev–Trinajstić information content (AvgIpc) is 2.59. The van der Waals surface area contributed by atoms with Gasteiger partial charge in [-0.05, 0) is 37.2 Å². The Balaban J connectivity index is 1.88. The maximum Gasteiger partial charge on any atom is 0.251 e. The molecule has 140 valence electrons. The summed E-state index contributed by atoms with van der Waals surface area (Å²) in [6.07, 6.45) is -0.0274. The minimum Gasteiger partial charge on any atom is -0.374 e. The summed E-state index contributed by atoms with van der Waals surface area (Å²) in [6.45, 7) is 8.22. The molecule has 1 atom stereocenters. The van der Waals surface area contributed by atoms with E-state index >= 15 is 0 Å². The molecule has 0 radical (unpaired) electrons. The Hall–Kier alpha value is -1.48. The van der Waals surface area contributed by atoms with Crippen molar-refractivity contribution in [3.8, 4) is 0 Å². The van der Waals surface area contributed by atoms with E-state index in [2.05, 4.69) is 28.8 Å². The molecule has 0 spiro atoms. The molecule has 1 aromatic rings. The number of ether oxygens (including phenoxy) is 1. The van der Waals surface area contributed by atoms with Gasteiger partial charge in [0.15, 0.2) is 0 Å². The number of amides is 1. The van der Waals surface area contributed by atoms with Crippen LogP contribution in [0.3, 0.4) is 0 Å². The van der Waals surface area contributed by atoms with Crippen LogP contribution < -0.4 is 10.0 Å². The molecule has 25 heavy (non-hydrogen) atoms. The number of benzene rings is 1. The molecule has 1 aliphatic heterocycles. The van der Waals surface area contributed by atoms with Gasteiger partial charge in [-0.2, -0.15) is 0 Å². The molecule has 1 saturated heterocycles. The Morgan fingerprint density at radius 1 is 1.32 bits per heavy atom. The third-order valence-electron chi connectivity index (χ3n) is 4.03. The molecule has 0 aliphatic carbocycles. The first kappa shape index (κ1) is 19.8. The standard InChI is InChI=1S/C17H27N3O4S/c1-13(2)11-20-8-9-24-15(12-20)10-19-17(21)14-4-6-16(7-5-14)25(22,23)18-3/h4-7,13,15,18H,8-12H2,1-3H3,(H,19,21). The van der Waals surface area contributed by atoms with Gasteiger partial charge < -0.3 is 10.1 Å². The Kier molecular flexibility index (Phi) is 6.95. The van der Waals surface area contributed by atoms with E-state index in [0.717, 1.165) is 19.6 Å². The number of nitrogens with zero attached hydrogens (tertiary/aromatic N) is 1. The number of nitrogens with one attached hydrogen (secondary N) is 2. The van der Waals surface area contributed by atoms with Crippen LogP contribution in [0.25, 0.3) is 0 Å². The van der Waals surface area contributed by atoms with Gasteiger partial charge >= 0.3 is 0 Å². The topological polar surface area (TPSA) is 87.7 Å². The van der Waals surface area contributed by atoms with Gasteiger partial charge in [0.2, 0.25) is 10.0 Å². The van der Waals surface area contributed by atoms with E-state index in [9.17, 15) is 13.2 Å². The fourth-order valence-corrected chi connectivity index (χ4v) is 3.53. The Labute approximate surface area is 149 Å². The monoisotopic (exact) mass is 369 g/mol. The number of hydrogen-bond donors (Lipinski definition) is 2. The minimum atomic E-state index is -3.49.